The van der Waals surface area contributed by atoms with Crippen LogP contribution in [0, 0.1) is 5.92 Å². The number of benzene rings is 1. The Morgan fingerprint density at radius 2 is 1.81 bits per heavy atom. The summed E-state index contributed by atoms with van der Waals surface area (Å²) in [6.45, 7) is 3.11. The highest BCUT2D eigenvalue weighted by Crippen LogP contribution is 2.21. The number of hydrogen-bond donors (Lipinski definition) is 1. The van der Waals surface area contributed by atoms with Gasteiger partial charge in [0.2, 0.25) is 0 Å². The number of rotatable bonds is 4. The summed E-state index contributed by atoms with van der Waals surface area (Å²) in [5.41, 5.74) is 7.12. The monoisotopic (exact) mass is 218 g/mol. The number of hydrogen-bond acceptors (Lipinski definition) is 2. The third-order valence-electron chi connectivity index (χ3n) is 3.65. The number of likely N-dealkylation sites (tertiary alicyclic amines) is 1. The number of nitrogens with zero attached hydrogens (tertiary/aromatic N) is 1. The molecule has 1 aromatic rings. The van der Waals surface area contributed by atoms with Gasteiger partial charge in [0.05, 0.1) is 0 Å². The molecule has 0 atom stereocenters. The average Bonchev–Trinajstić information content (AvgIpc) is 2.38. The minimum atomic E-state index is 0.728. The first-order valence-corrected chi connectivity index (χ1v) is 6.35. The predicted octanol–water partition coefficient (Wildman–Crippen LogP) is 2.25. The molecule has 1 aromatic carbocycles. The van der Waals surface area contributed by atoms with E-state index in [0.29, 0.717) is 0 Å². The summed E-state index contributed by atoms with van der Waals surface area (Å²) in [6, 6.07) is 10.8. The van der Waals surface area contributed by atoms with Crippen LogP contribution in [0.4, 0.5) is 0 Å². The van der Waals surface area contributed by atoms with Crippen LogP contribution in [0.1, 0.15) is 24.8 Å². The predicted molar refractivity (Wildman–Crippen MR) is 68.1 cm³/mol. The minimum absolute atomic E-state index is 0.728. The molecule has 0 radical (unpaired) electrons. The molecule has 0 bridgehead atoms. The van der Waals surface area contributed by atoms with Crippen molar-refractivity contribution in [3.63, 3.8) is 0 Å². The lowest BCUT2D eigenvalue weighted by Crippen LogP contribution is -2.37. The first-order chi connectivity index (χ1) is 7.88. The van der Waals surface area contributed by atoms with Crippen LogP contribution in [0.15, 0.2) is 30.3 Å². The molecule has 2 nitrogen and oxygen atoms in total. The zero-order valence-electron chi connectivity index (χ0n) is 9.94. The molecule has 1 aliphatic rings. The van der Waals surface area contributed by atoms with E-state index in [1.54, 1.807) is 0 Å². The number of piperidine rings is 1. The van der Waals surface area contributed by atoms with Gasteiger partial charge in [-0.25, -0.2) is 0 Å². The Balaban J connectivity index is 1.72. The Kier molecular flexibility index (Phi) is 4.37. The Morgan fingerprint density at radius 3 is 2.44 bits per heavy atom. The second-order valence-electron chi connectivity index (χ2n) is 4.77. The SMILES string of the molecule is NCN1CCC(CCc2ccccc2)CC1. The van der Waals surface area contributed by atoms with Gasteiger partial charge in [0, 0.05) is 6.67 Å². The molecule has 16 heavy (non-hydrogen) atoms. The molecule has 1 fully saturated rings. The molecule has 1 aliphatic heterocycles. The van der Waals surface area contributed by atoms with Crippen molar-refractivity contribution < 1.29 is 0 Å². The van der Waals surface area contributed by atoms with E-state index < -0.39 is 0 Å². The van der Waals surface area contributed by atoms with Crippen molar-refractivity contribution in [2.75, 3.05) is 19.8 Å². The van der Waals surface area contributed by atoms with E-state index in [4.69, 9.17) is 5.73 Å². The number of aryl methyl sites for hydroxylation is 1. The summed E-state index contributed by atoms with van der Waals surface area (Å²) in [4.78, 5) is 2.35. The topological polar surface area (TPSA) is 29.3 Å². The van der Waals surface area contributed by atoms with Gasteiger partial charge in [-0.3, -0.25) is 4.90 Å². The molecule has 0 saturated carbocycles. The standard InChI is InChI=1S/C14H22N2/c15-12-16-10-8-14(9-11-16)7-6-13-4-2-1-3-5-13/h1-5,14H,6-12,15H2. The molecule has 0 aromatic heterocycles. The van der Waals surface area contributed by atoms with Gasteiger partial charge in [0.1, 0.15) is 0 Å². The Morgan fingerprint density at radius 1 is 1.12 bits per heavy atom. The lowest BCUT2D eigenvalue weighted by molar-refractivity contribution is 0.183. The summed E-state index contributed by atoms with van der Waals surface area (Å²) in [5.74, 6) is 0.906. The normalized spacial score (nSPS) is 18.8. The van der Waals surface area contributed by atoms with Crippen molar-refractivity contribution in [2.45, 2.75) is 25.7 Å². The third-order valence-corrected chi connectivity index (χ3v) is 3.65. The lowest BCUT2D eigenvalue weighted by atomic mass is 9.91. The van der Waals surface area contributed by atoms with Crippen LogP contribution in [-0.2, 0) is 6.42 Å². The van der Waals surface area contributed by atoms with Crippen LogP contribution in [0.3, 0.4) is 0 Å². The summed E-state index contributed by atoms with van der Waals surface area (Å²) in [7, 11) is 0. The molecule has 0 unspecified atom stereocenters. The van der Waals surface area contributed by atoms with Crippen LogP contribution in [0.25, 0.3) is 0 Å². The fourth-order valence-corrected chi connectivity index (χ4v) is 2.47. The van der Waals surface area contributed by atoms with E-state index in [9.17, 15) is 0 Å². The highest BCUT2D eigenvalue weighted by molar-refractivity contribution is 5.14. The van der Waals surface area contributed by atoms with Crippen molar-refractivity contribution in [3.8, 4) is 0 Å². The smallest absolute Gasteiger partial charge is 0.0455 e. The van der Waals surface area contributed by atoms with Crippen molar-refractivity contribution in [2.24, 2.45) is 11.7 Å². The third kappa shape index (κ3) is 3.32. The van der Waals surface area contributed by atoms with Crippen molar-refractivity contribution >= 4 is 0 Å². The zero-order chi connectivity index (χ0) is 11.2. The Bertz CT molecular complexity index is 289. The molecule has 1 heterocycles. The van der Waals surface area contributed by atoms with Gasteiger partial charge in [-0.15, -0.1) is 0 Å². The van der Waals surface area contributed by atoms with E-state index in [2.05, 4.69) is 35.2 Å². The maximum absolute atomic E-state index is 5.64. The second-order valence-corrected chi connectivity index (χ2v) is 4.77. The van der Waals surface area contributed by atoms with Crippen molar-refractivity contribution in [3.05, 3.63) is 35.9 Å². The molecule has 2 rings (SSSR count). The summed E-state index contributed by atoms with van der Waals surface area (Å²) in [5, 5.41) is 0. The van der Waals surface area contributed by atoms with Gasteiger partial charge in [-0.1, -0.05) is 30.3 Å². The van der Waals surface area contributed by atoms with Crippen LogP contribution < -0.4 is 5.73 Å². The van der Waals surface area contributed by atoms with Gasteiger partial charge in [-0.2, -0.15) is 0 Å². The summed E-state index contributed by atoms with van der Waals surface area (Å²) >= 11 is 0. The van der Waals surface area contributed by atoms with E-state index >= 15 is 0 Å². The van der Waals surface area contributed by atoms with E-state index in [1.165, 1.54) is 44.3 Å². The highest BCUT2D eigenvalue weighted by atomic mass is 15.2. The van der Waals surface area contributed by atoms with Gasteiger partial charge in [0.25, 0.3) is 0 Å². The molecular weight excluding hydrogens is 196 g/mol. The van der Waals surface area contributed by atoms with Crippen LogP contribution in [-0.4, -0.2) is 24.7 Å². The van der Waals surface area contributed by atoms with Gasteiger partial charge in [0.15, 0.2) is 0 Å². The quantitative estimate of drug-likeness (QED) is 0.840. The van der Waals surface area contributed by atoms with Gasteiger partial charge in [-0.05, 0) is 50.3 Å². The molecule has 0 amide bonds. The fraction of sp³-hybridized carbons (Fsp3) is 0.571. The largest absolute Gasteiger partial charge is 0.318 e. The van der Waals surface area contributed by atoms with Crippen LogP contribution >= 0.6 is 0 Å². The van der Waals surface area contributed by atoms with E-state index in [0.717, 1.165) is 12.6 Å². The summed E-state index contributed by atoms with van der Waals surface area (Å²) < 4.78 is 0. The van der Waals surface area contributed by atoms with Crippen molar-refractivity contribution in [1.29, 1.82) is 0 Å². The Labute approximate surface area is 98.4 Å². The average molecular weight is 218 g/mol. The fourth-order valence-electron chi connectivity index (χ4n) is 2.47. The molecule has 0 aliphatic carbocycles. The number of nitrogens with two attached hydrogens (primary N) is 1. The lowest BCUT2D eigenvalue weighted by Gasteiger charge is -2.30. The Hall–Kier alpha value is -0.860. The van der Waals surface area contributed by atoms with Crippen LogP contribution in [0.5, 0.6) is 0 Å². The van der Waals surface area contributed by atoms with Gasteiger partial charge >= 0.3 is 0 Å². The molecule has 2 heteroatoms. The molecule has 0 spiro atoms. The molecule has 2 N–H and O–H groups in total. The summed E-state index contributed by atoms with van der Waals surface area (Å²) in [6.07, 6.45) is 5.21. The van der Waals surface area contributed by atoms with E-state index in [1.807, 2.05) is 0 Å². The molecule has 88 valence electrons. The zero-order valence-corrected chi connectivity index (χ0v) is 9.94. The first kappa shape index (κ1) is 11.6. The maximum atomic E-state index is 5.64. The van der Waals surface area contributed by atoms with E-state index in [-0.39, 0.29) is 0 Å². The second kappa shape index (κ2) is 6.02. The highest BCUT2D eigenvalue weighted by Gasteiger charge is 2.17. The first-order valence-electron chi connectivity index (χ1n) is 6.35. The maximum Gasteiger partial charge on any atom is 0.0455 e. The minimum Gasteiger partial charge on any atom is -0.318 e. The van der Waals surface area contributed by atoms with Crippen molar-refractivity contribution in [1.82, 2.24) is 4.90 Å². The molecule has 1 saturated heterocycles. The van der Waals surface area contributed by atoms with Gasteiger partial charge < -0.3 is 5.73 Å². The van der Waals surface area contributed by atoms with Crippen LogP contribution in [0.2, 0.25) is 0 Å². The molecular formula is C14H22N2.